The molecule has 2 rings (SSSR count). The van der Waals surface area contributed by atoms with Gasteiger partial charge in [-0.05, 0) is 30.7 Å². The number of rotatable bonds is 4. The summed E-state index contributed by atoms with van der Waals surface area (Å²) in [6.45, 7) is 2.01. The molecule has 1 aromatic heterocycles. The van der Waals surface area contributed by atoms with Crippen molar-refractivity contribution in [3.63, 3.8) is 0 Å². The van der Waals surface area contributed by atoms with Crippen molar-refractivity contribution in [1.29, 1.82) is 0 Å². The molecule has 1 atom stereocenters. The van der Waals surface area contributed by atoms with Crippen LogP contribution in [0, 0.1) is 6.92 Å². The van der Waals surface area contributed by atoms with Gasteiger partial charge >= 0.3 is 0 Å². The quantitative estimate of drug-likeness (QED) is 0.771. The molecule has 100 valence electrons. The molecule has 1 heterocycles. The van der Waals surface area contributed by atoms with Crippen LogP contribution < -0.4 is 4.74 Å². The number of aryl methyl sites for hydroxylation is 1. The lowest BCUT2D eigenvalue weighted by Crippen LogP contribution is -2.01. The van der Waals surface area contributed by atoms with Crippen molar-refractivity contribution in [2.24, 2.45) is 0 Å². The van der Waals surface area contributed by atoms with Gasteiger partial charge < -0.3 is 4.74 Å². The van der Waals surface area contributed by atoms with Crippen LogP contribution in [0.4, 0.5) is 0 Å². The smallest absolute Gasteiger partial charge is 0.125 e. The molecule has 2 nitrogen and oxygen atoms in total. The molecule has 0 aliphatic rings. The molecular formula is C15H15Cl2NO. The number of ether oxygens (including phenoxy) is 1. The summed E-state index contributed by atoms with van der Waals surface area (Å²) in [6, 6.07) is 9.51. The normalized spacial score (nSPS) is 12.2. The second-order valence-corrected chi connectivity index (χ2v) is 5.35. The molecule has 4 heteroatoms. The van der Waals surface area contributed by atoms with E-state index in [9.17, 15) is 0 Å². The van der Waals surface area contributed by atoms with Crippen LogP contribution in [0.2, 0.25) is 5.02 Å². The minimum atomic E-state index is -0.192. The van der Waals surface area contributed by atoms with E-state index < -0.39 is 0 Å². The van der Waals surface area contributed by atoms with Gasteiger partial charge in [-0.1, -0.05) is 23.7 Å². The molecule has 0 spiro atoms. The number of pyridine rings is 1. The number of aromatic nitrogens is 1. The van der Waals surface area contributed by atoms with Gasteiger partial charge in [-0.25, -0.2) is 0 Å². The van der Waals surface area contributed by atoms with Crippen LogP contribution in [0.15, 0.2) is 36.5 Å². The fourth-order valence-corrected chi connectivity index (χ4v) is 2.36. The summed E-state index contributed by atoms with van der Waals surface area (Å²) in [5, 5.41) is 0.445. The first-order valence-electron chi connectivity index (χ1n) is 5.99. The Bertz CT molecular complexity index is 555. The van der Waals surface area contributed by atoms with Gasteiger partial charge in [0.1, 0.15) is 5.75 Å². The first-order chi connectivity index (χ1) is 9.10. The topological polar surface area (TPSA) is 22.1 Å². The lowest BCUT2D eigenvalue weighted by Gasteiger charge is -2.14. The van der Waals surface area contributed by atoms with Crippen molar-refractivity contribution < 1.29 is 4.74 Å². The first kappa shape index (κ1) is 14.2. The standard InChI is InChI=1S/C15H15Cl2NO/c1-10-3-5-12(18-9-10)8-14(17)13-6-4-11(16)7-15(13)19-2/h3-7,9,14H,8H2,1-2H3. The van der Waals surface area contributed by atoms with Crippen molar-refractivity contribution in [3.05, 3.63) is 58.4 Å². The Labute approximate surface area is 123 Å². The zero-order valence-electron chi connectivity index (χ0n) is 10.9. The highest BCUT2D eigenvalue weighted by Crippen LogP contribution is 2.33. The summed E-state index contributed by atoms with van der Waals surface area (Å²) in [5.74, 6) is 0.708. The van der Waals surface area contributed by atoms with E-state index in [2.05, 4.69) is 4.98 Å². The number of nitrogens with zero attached hydrogens (tertiary/aromatic N) is 1. The highest BCUT2D eigenvalue weighted by Gasteiger charge is 2.15. The van der Waals surface area contributed by atoms with Gasteiger partial charge in [-0.15, -0.1) is 11.6 Å². The van der Waals surface area contributed by atoms with Crippen LogP contribution in [-0.4, -0.2) is 12.1 Å². The molecule has 0 radical (unpaired) electrons. The zero-order valence-corrected chi connectivity index (χ0v) is 12.4. The summed E-state index contributed by atoms with van der Waals surface area (Å²) in [7, 11) is 1.61. The van der Waals surface area contributed by atoms with Gasteiger partial charge in [-0.2, -0.15) is 0 Å². The van der Waals surface area contributed by atoms with Crippen LogP contribution in [0.5, 0.6) is 5.75 Å². The molecule has 0 aliphatic heterocycles. The van der Waals surface area contributed by atoms with Crippen LogP contribution in [-0.2, 0) is 6.42 Å². The number of alkyl halides is 1. The minimum absolute atomic E-state index is 0.192. The number of benzene rings is 1. The minimum Gasteiger partial charge on any atom is -0.496 e. The Kier molecular flexibility index (Phi) is 4.67. The molecule has 0 bridgehead atoms. The average Bonchev–Trinajstić information content (AvgIpc) is 2.41. The molecule has 0 aliphatic carbocycles. The molecule has 0 fully saturated rings. The van der Waals surface area contributed by atoms with E-state index >= 15 is 0 Å². The molecule has 19 heavy (non-hydrogen) atoms. The maximum absolute atomic E-state index is 6.45. The number of hydrogen-bond acceptors (Lipinski definition) is 2. The molecule has 1 unspecified atom stereocenters. The fourth-order valence-electron chi connectivity index (χ4n) is 1.86. The SMILES string of the molecule is COc1cc(Cl)ccc1C(Cl)Cc1ccc(C)cn1. The lowest BCUT2D eigenvalue weighted by molar-refractivity contribution is 0.409. The summed E-state index contributed by atoms with van der Waals surface area (Å²) in [6.07, 6.45) is 2.50. The van der Waals surface area contributed by atoms with Crippen LogP contribution in [0.25, 0.3) is 0 Å². The monoisotopic (exact) mass is 295 g/mol. The van der Waals surface area contributed by atoms with E-state index in [-0.39, 0.29) is 5.38 Å². The van der Waals surface area contributed by atoms with Gasteiger partial charge in [-0.3, -0.25) is 4.98 Å². The van der Waals surface area contributed by atoms with Gasteiger partial charge in [0.15, 0.2) is 0 Å². The Balaban J connectivity index is 2.19. The van der Waals surface area contributed by atoms with Gasteiger partial charge in [0, 0.05) is 28.9 Å². The largest absolute Gasteiger partial charge is 0.496 e. The van der Waals surface area contributed by atoms with E-state index in [1.807, 2.05) is 37.4 Å². The van der Waals surface area contributed by atoms with Gasteiger partial charge in [0.2, 0.25) is 0 Å². The number of halogens is 2. The molecule has 0 N–H and O–H groups in total. The van der Waals surface area contributed by atoms with E-state index in [1.54, 1.807) is 13.2 Å². The third-order valence-electron chi connectivity index (χ3n) is 2.89. The third-order valence-corrected chi connectivity index (χ3v) is 3.52. The van der Waals surface area contributed by atoms with E-state index in [0.29, 0.717) is 17.2 Å². The molecule has 2 aromatic rings. The van der Waals surface area contributed by atoms with Gasteiger partial charge in [0.05, 0.1) is 12.5 Å². The summed E-state index contributed by atoms with van der Waals surface area (Å²) in [5.41, 5.74) is 3.03. The van der Waals surface area contributed by atoms with E-state index in [1.165, 1.54) is 0 Å². The Morgan fingerprint density at radius 2 is 2.05 bits per heavy atom. The lowest BCUT2D eigenvalue weighted by atomic mass is 10.1. The Morgan fingerprint density at radius 3 is 2.68 bits per heavy atom. The Hall–Kier alpha value is -1.25. The van der Waals surface area contributed by atoms with Crippen LogP contribution in [0.1, 0.15) is 22.2 Å². The maximum atomic E-state index is 6.45. The number of methoxy groups -OCH3 is 1. The second kappa shape index (κ2) is 6.27. The van der Waals surface area contributed by atoms with Crippen molar-refractivity contribution in [3.8, 4) is 5.75 Å². The van der Waals surface area contributed by atoms with Gasteiger partial charge in [0.25, 0.3) is 0 Å². The second-order valence-electron chi connectivity index (χ2n) is 4.38. The van der Waals surface area contributed by atoms with Crippen molar-refractivity contribution in [2.75, 3.05) is 7.11 Å². The Morgan fingerprint density at radius 1 is 1.26 bits per heavy atom. The summed E-state index contributed by atoms with van der Waals surface area (Å²) in [4.78, 5) is 4.37. The van der Waals surface area contributed by atoms with Crippen molar-refractivity contribution in [2.45, 2.75) is 18.7 Å². The predicted octanol–water partition coefficient (Wildman–Crippen LogP) is 4.57. The molecule has 0 amide bonds. The first-order valence-corrected chi connectivity index (χ1v) is 6.80. The zero-order chi connectivity index (χ0) is 13.8. The molecular weight excluding hydrogens is 281 g/mol. The highest BCUT2D eigenvalue weighted by atomic mass is 35.5. The molecule has 1 aromatic carbocycles. The predicted molar refractivity (Wildman–Crippen MR) is 79.3 cm³/mol. The van der Waals surface area contributed by atoms with E-state index in [4.69, 9.17) is 27.9 Å². The fraction of sp³-hybridized carbons (Fsp3) is 0.267. The average molecular weight is 296 g/mol. The van der Waals surface area contributed by atoms with Crippen LogP contribution in [0.3, 0.4) is 0 Å². The molecule has 0 saturated carbocycles. The van der Waals surface area contributed by atoms with Crippen molar-refractivity contribution >= 4 is 23.2 Å². The third kappa shape index (κ3) is 3.62. The summed E-state index contributed by atoms with van der Waals surface area (Å²) < 4.78 is 5.31. The highest BCUT2D eigenvalue weighted by molar-refractivity contribution is 6.30. The van der Waals surface area contributed by atoms with Crippen molar-refractivity contribution in [1.82, 2.24) is 4.98 Å². The maximum Gasteiger partial charge on any atom is 0.125 e. The molecule has 0 saturated heterocycles. The number of hydrogen-bond donors (Lipinski definition) is 0. The van der Waals surface area contributed by atoms with Crippen LogP contribution >= 0.6 is 23.2 Å². The summed E-state index contributed by atoms with van der Waals surface area (Å²) >= 11 is 12.4. The van der Waals surface area contributed by atoms with E-state index in [0.717, 1.165) is 16.8 Å².